The molecule has 1 aliphatic heterocycles. The highest BCUT2D eigenvalue weighted by molar-refractivity contribution is 7.98. The van der Waals surface area contributed by atoms with Gasteiger partial charge >= 0.3 is 5.97 Å². The minimum atomic E-state index is -0.847. The van der Waals surface area contributed by atoms with E-state index in [4.69, 9.17) is 9.47 Å². The summed E-state index contributed by atoms with van der Waals surface area (Å²) in [5, 5.41) is 9.62. The molecule has 1 aliphatic rings. The Kier molecular flexibility index (Phi) is 5.19. The number of aromatic amines is 1. The van der Waals surface area contributed by atoms with E-state index >= 15 is 0 Å². The minimum Gasteiger partial charge on any atom is -0.496 e. The highest BCUT2D eigenvalue weighted by Crippen LogP contribution is 2.36. The number of hydrogen-bond acceptors (Lipinski definition) is 6. The van der Waals surface area contributed by atoms with Crippen molar-refractivity contribution in [2.24, 2.45) is 0 Å². The summed E-state index contributed by atoms with van der Waals surface area (Å²) in [5.41, 5.74) is 2.68. The highest BCUT2D eigenvalue weighted by Gasteiger charge is 2.33. The summed E-state index contributed by atoms with van der Waals surface area (Å²) in [7, 11) is 3.25. The predicted molar refractivity (Wildman–Crippen MR) is 94.3 cm³/mol. The monoisotopic (exact) mass is 363 g/mol. The molecule has 25 heavy (non-hydrogen) atoms. The van der Waals surface area contributed by atoms with Crippen LogP contribution in [0.2, 0.25) is 0 Å². The summed E-state index contributed by atoms with van der Waals surface area (Å²) in [6.45, 7) is 0.950. The number of ether oxygens (including phenoxy) is 2. The number of nitrogens with zero attached hydrogens (tertiary/aromatic N) is 2. The molecule has 2 aromatic rings. The molecule has 0 radical (unpaired) electrons. The molecule has 3 rings (SSSR count). The quantitative estimate of drug-likeness (QED) is 0.761. The van der Waals surface area contributed by atoms with Gasteiger partial charge in [-0.3, -0.25) is 9.69 Å². The van der Waals surface area contributed by atoms with Gasteiger partial charge in [-0.1, -0.05) is 0 Å². The molecule has 0 bridgehead atoms. The van der Waals surface area contributed by atoms with Gasteiger partial charge in [-0.05, 0) is 18.4 Å². The third-order valence-electron chi connectivity index (χ3n) is 4.44. The zero-order valence-electron chi connectivity index (χ0n) is 14.4. The molecule has 1 aromatic heterocycles. The maximum Gasteiger partial charge on any atom is 0.321 e. The summed E-state index contributed by atoms with van der Waals surface area (Å²) in [6.07, 6.45) is 3.97. The van der Waals surface area contributed by atoms with Crippen molar-refractivity contribution < 1.29 is 19.4 Å². The zero-order valence-corrected chi connectivity index (χ0v) is 15.2. The first-order valence-electron chi connectivity index (χ1n) is 7.84. The fourth-order valence-corrected chi connectivity index (χ4v) is 3.70. The molecular weight excluding hydrogens is 342 g/mol. The second kappa shape index (κ2) is 7.37. The number of imidazole rings is 1. The van der Waals surface area contributed by atoms with E-state index in [2.05, 4.69) is 9.97 Å². The van der Waals surface area contributed by atoms with E-state index in [1.54, 1.807) is 32.3 Å². The maximum absolute atomic E-state index is 11.7. The van der Waals surface area contributed by atoms with Crippen LogP contribution in [0, 0.1) is 0 Å². The van der Waals surface area contributed by atoms with Gasteiger partial charge in [-0.2, -0.15) is 0 Å². The summed E-state index contributed by atoms with van der Waals surface area (Å²) in [4.78, 5) is 21.9. The van der Waals surface area contributed by atoms with Gasteiger partial charge in [0.2, 0.25) is 0 Å². The molecule has 0 aliphatic carbocycles. The van der Waals surface area contributed by atoms with Crippen molar-refractivity contribution in [3.63, 3.8) is 0 Å². The van der Waals surface area contributed by atoms with Crippen molar-refractivity contribution in [1.29, 1.82) is 0 Å². The Morgan fingerprint density at radius 1 is 1.40 bits per heavy atom. The molecule has 134 valence electrons. The van der Waals surface area contributed by atoms with Gasteiger partial charge < -0.3 is 19.6 Å². The molecule has 0 saturated carbocycles. The van der Waals surface area contributed by atoms with Crippen LogP contribution < -0.4 is 9.47 Å². The lowest BCUT2D eigenvalue weighted by Gasteiger charge is -2.32. The molecular formula is C17H21N3O4S. The molecule has 0 fully saturated rings. The second-order valence-corrected chi connectivity index (χ2v) is 6.66. The van der Waals surface area contributed by atoms with Crippen LogP contribution in [-0.4, -0.2) is 52.5 Å². The summed E-state index contributed by atoms with van der Waals surface area (Å²) in [6, 6.07) is 3.23. The number of methoxy groups -OCH3 is 2. The van der Waals surface area contributed by atoms with Gasteiger partial charge in [0.05, 0.1) is 36.8 Å². The molecule has 1 aromatic carbocycles. The van der Waals surface area contributed by atoms with E-state index in [0.29, 0.717) is 19.5 Å². The number of carboxylic acid groups (broad SMARTS) is 1. The molecule has 7 nitrogen and oxygen atoms in total. The molecule has 2 N–H and O–H groups in total. The van der Waals surface area contributed by atoms with Crippen LogP contribution in [0.5, 0.6) is 11.5 Å². The van der Waals surface area contributed by atoms with Crippen molar-refractivity contribution in [3.05, 3.63) is 35.4 Å². The topological polar surface area (TPSA) is 87.7 Å². The molecule has 0 spiro atoms. The van der Waals surface area contributed by atoms with Crippen LogP contribution in [0.4, 0.5) is 0 Å². The molecule has 0 saturated heterocycles. The number of carboxylic acids is 1. The Balaban J connectivity index is 1.93. The van der Waals surface area contributed by atoms with E-state index in [1.165, 1.54) is 0 Å². The number of fused-ring (bicyclic) bond motifs is 1. The van der Waals surface area contributed by atoms with Crippen molar-refractivity contribution in [2.45, 2.75) is 30.4 Å². The first kappa shape index (κ1) is 17.6. The van der Waals surface area contributed by atoms with Crippen LogP contribution in [0.3, 0.4) is 0 Å². The van der Waals surface area contributed by atoms with Gasteiger partial charge in [0.25, 0.3) is 0 Å². The average Bonchev–Trinajstić information content (AvgIpc) is 3.07. The number of H-pyrrole nitrogens is 1. The van der Waals surface area contributed by atoms with E-state index < -0.39 is 12.0 Å². The van der Waals surface area contributed by atoms with Crippen molar-refractivity contribution in [2.75, 3.05) is 20.5 Å². The maximum atomic E-state index is 11.7. The summed E-state index contributed by atoms with van der Waals surface area (Å²) < 4.78 is 11.0. The molecule has 2 heterocycles. The summed E-state index contributed by atoms with van der Waals surface area (Å²) >= 11 is 1.58. The number of aliphatic carboxylic acids is 1. The SMILES string of the molecule is COc1cc(SC)c(OC)cc1CN1Cc2[nH]cnc2C[C@H]1C(=O)O. The van der Waals surface area contributed by atoms with Crippen LogP contribution >= 0.6 is 11.8 Å². The number of nitrogens with one attached hydrogen (secondary N) is 1. The van der Waals surface area contributed by atoms with Crippen LogP contribution in [-0.2, 0) is 24.3 Å². The first-order chi connectivity index (χ1) is 12.1. The van der Waals surface area contributed by atoms with E-state index in [9.17, 15) is 9.90 Å². The second-order valence-electron chi connectivity index (χ2n) is 5.81. The van der Waals surface area contributed by atoms with Crippen LogP contribution in [0.1, 0.15) is 17.0 Å². The Hall–Kier alpha value is -2.19. The Morgan fingerprint density at radius 3 is 2.80 bits per heavy atom. The highest BCUT2D eigenvalue weighted by atomic mass is 32.2. The first-order valence-corrected chi connectivity index (χ1v) is 9.06. The standard InChI is InChI=1S/C17H21N3O4S/c1-23-14-6-16(25-3)15(24-2)4-10(14)7-20-8-12-11(18-9-19-12)5-13(20)17(21)22/h4,6,9,13H,5,7-8H2,1-3H3,(H,18,19)(H,21,22)/t13-/m0/s1. The van der Waals surface area contributed by atoms with Gasteiger partial charge in [0.1, 0.15) is 17.5 Å². The normalized spacial score (nSPS) is 17.2. The van der Waals surface area contributed by atoms with Gasteiger partial charge in [0, 0.05) is 25.1 Å². The lowest BCUT2D eigenvalue weighted by atomic mass is 10.0. The number of benzene rings is 1. The van der Waals surface area contributed by atoms with E-state index in [1.807, 2.05) is 23.3 Å². The van der Waals surface area contributed by atoms with Crippen LogP contribution in [0.15, 0.2) is 23.4 Å². The van der Waals surface area contributed by atoms with Crippen molar-refractivity contribution >= 4 is 17.7 Å². The molecule has 0 amide bonds. The lowest BCUT2D eigenvalue weighted by molar-refractivity contribution is -0.144. The number of rotatable bonds is 6. The third-order valence-corrected chi connectivity index (χ3v) is 5.20. The zero-order chi connectivity index (χ0) is 18.0. The fourth-order valence-electron chi connectivity index (χ4n) is 3.13. The fraction of sp³-hybridized carbons (Fsp3) is 0.412. The Bertz CT molecular complexity index is 777. The van der Waals surface area contributed by atoms with Crippen molar-refractivity contribution in [3.8, 4) is 11.5 Å². The Labute approximate surface area is 150 Å². The van der Waals surface area contributed by atoms with E-state index in [-0.39, 0.29) is 0 Å². The molecule has 8 heteroatoms. The van der Waals surface area contributed by atoms with Crippen LogP contribution in [0.25, 0.3) is 0 Å². The van der Waals surface area contributed by atoms with Gasteiger partial charge in [-0.25, -0.2) is 4.98 Å². The smallest absolute Gasteiger partial charge is 0.321 e. The van der Waals surface area contributed by atoms with Gasteiger partial charge in [-0.15, -0.1) is 11.8 Å². The van der Waals surface area contributed by atoms with Crippen molar-refractivity contribution in [1.82, 2.24) is 14.9 Å². The lowest BCUT2D eigenvalue weighted by Crippen LogP contribution is -2.45. The number of thioether (sulfide) groups is 1. The van der Waals surface area contributed by atoms with E-state index in [0.717, 1.165) is 33.3 Å². The Morgan fingerprint density at radius 2 is 2.16 bits per heavy atom. The molecule has 0 unspecified atom stereocenters. The largest absolute Gasteiger partial charge is 0.496 e. The average molecular weight is 363 g/mol. The molecule has 1 atom stereocenters. The minimum absolute atomic E-state index is 0.385. The number of aromatic nitrogens is 2. The third kappa shape index (κ3) is 3.45. The summed E-state index contributed by atoms with van der Waals surface area (Å²) in [5.74, 6) is 0.638. The number of carbonyl (C=O) groups is 1. The van der Waals surface area contributed by atoms with Gasteiger partial charge in [0.15, 0.2) is 0 Å². The number of hydrogen-bond donors (Lipinski definition) is 2. The predicted octanol–water partition coefficient (Wildman–Crippen LogP) is 2.16.